The Labute approximate surface area is 85.0 Å². The first kappa shape index (κ1) is 8.97. The van der Waals surface area contributed by atoms with Crippen molar-refractivity contribution in [3.63, 3.8) is 0 Å². The van der Waals surface area contributed by atoms with Gasteiger partial charge in [-0.3, -0.25) is 0 Å². The highest BCUT2D eigenvalue weighted by Crippen LogP contribution is 2.29. The maximum Gasteiger partial charge on any atom is 0.124 e. The van der Waals surface area contributed by atoms with Gasteiger partial charge in [-0.25, -0.2) is 4.39 Å². The molecule has 1 heterocycles. The van der Waals surface area contributed by atoms with Crippen LogP contribution in [-0.4, -0.2) is 0 Å². The van der Waals surface area contributed by atoms with Gasteiger partial charge in [-0.15, -0.1) is 22.9 Å². The molecule has 0 radical (unpaired) electrons. The van der Waals surface area contributed by atoms with Crippen molar-refractivity contribution < 1.29 is 4.39 Å². The van der Waals surface area contributed by atoms with Gasteiger partial charge in [0.25, 0.3) is 0 Å². The first-order valence-corrected chi connectivity index (χ1v) is 5.30. The maximum atomic E-state index is 13.0. The average Bonchev–Trinajstić information content (AvgIpc) is 2.47. The highest BCUT2D eigenvalue weighted by Gasteiger charge is 2.05. The van der Waals surface area contributed by atoms with Crippen molar-refractivity contribution in [2.45, 2.75) is 12.8 Å². The molecule has 68 valence electrons. The molecule has 0 N–H and O–H groups in total. The minimum atomic E-state index is -0.173. The summed E-state index contributed by atoms with van der Waals surface area (Å²) in [7, 11) is 0. The summed E-state index contributed by atoms with van der Waals surface area (Å²) < 4.78 is 14.0. The number of alkyl halides is 1. The van der Waals surface area contributed by atoms with Crippen LogP contribution < -0.4 is 0 Å². The van der Waals surface area contributed by atoms with Crippen LogP contribution >= 0.6 is 22.9 Å². The summed E-state index contributed by atoms with van der Waals surface area (Å²) in [5.41, 5.74) is 0.975. The second kappa shape index (κ2) is 3.28. The lowest BCUT2D eigenvalue weighted by molar-refractivity contribution is 0.629. The van der Waals surface area contributed by atoms with Gasteiger partial charge in [0.05, 0.1) is 5.88 Å². The number of aryl methyl sites for hydroxylation is 1. The quantitative estimate of drug-likeness (QED) is 0.628. The second-order valence-corrected chi connectivity index (χ2v) is 4.42. The number of benzene rings is 1. The zero-order valence-corrected chi connectivity index (χ0v) is 8.68. The number of hydrogen-bond donors (Lipinski definition) is 0. The summed E-state index contributed by atoms with van der Waals surface area (Å²) in [6.07, 6.45) is 0. The van der Waals surface area contributed by atoms with Crippen molar-refractivity contribution in [2.24, 2.45) is 0 Å². The third-order valence-corrected chi connectivity index (χ3v) is 3.52. The van der Waals surface area contributed by atoms with Crippen LogP contribution in [0.4, 0.5) is 4.39 Å². The first-order chi connectivity index (χ1) is 6.20. The Morgan fingerprint density at radius 1 is 1.38 bits per heavy atom. The molecule has 0 saturated heterocycles. The van der Waals surface area contributed by atoms with Crippen molar-refractivity contribution in [3.05, 3.63) is 34.5 Å². The van der Waals surface area contributed by atoms with E-state index in [9.17, 15) is 4.39 Å². The second-order valence-electron chi connectivity index (χ2n) is 2.98. The smallest absolute Gasteiger partial charge is 0.124 e. The average molecular weight is 215 g/mol. The van der Waals surface area contributed by atoms with Gasteiger partial charge in [0, 0.05) is 9.58 Å². The molecule has 1 aromatic carbocycles. The van der Waals surface area contributed by atoms with Gasteiger partial charge in [0.1, 0.15) is 5.82 Å². The molecule has 0 fully saturated rings. The lowest BCUT2D eigenvalue weighted by atomic mass is 10.1. The number of rotatable bonds is 1. The zero-order valence-electron chi connectivity index (χ0n) is 7.10. The molecule has 0 atom stereocenters. The van der Waals surface area contributed by atoms with Crippen molar-refractivity contribution in [2.75, 3.05) is 0 Å². The number of halogens is 2. The molecule has 0 bridgehead atoms. The zero-order chi connectivity index (χ0) is 9.42. The summed E-state index contributed by atoms with van der Waals surface area (Å²) in [4.78, 5) is 1.09. The fraction of sp³-hybridized carbons (Fsp3) is 0.200. The Bertz CT molecular complexity index is 447. The van der Waals surface area contributed by atoms with Crippen molar-refractivity contribution >= 4 is 33.0 Å². The van der Waals surface area contributed by atoms with Gasteiger partial charge in [0.15, 0.2) is 0 Å². The summed E-state index contributed by atoms with van der Waals surface area (Å²) >= 11 is 7.26. The van der Waals surface area contributed by atoms with Gasteiger partial charge >= 0.3 is 0 Å². The van der Waals surface area contributed by atoms with Crippen LogP contribution in [0.25, 0.3) is 10.1 Å². The minimum Gasteiger partial charge on any atom is -0.207 e. The van der Waals surface area contributed by atoms with Crippen LogP contribution in [0.5, 0.6) is 0 Å². The molecule has 0 spiro atoms. The van der Waals surface area contributed by atoms with Crippen molar-refractivity contribution in [3.8, 4) is 0 Å². The third kappa shape index (κ3) is 1.56. The maximum absolute atomic E-state index is 13.0. The van der Waals surface area contributed by atoms with E-state index >= 15 is 0 Å². The lowest BCUT2D eigenvalue weighted by Gasteiger charge is -1.94. The van der Waals surface area contributed by atoms with E-state index < -0.39 is 0 Å². The standard InChI is InChI=1S/C10H8ClFS/c1-6-2-7(12)3-10-9(6)4-8(5-11)13-10/h2-4H,5H2,1H3. The molecular weight excluding hydrogens is 207 g/mol. The first-order valence-electron chi connectivity index (χ1n) is 3.95. The van der Waals surface area contributed by atoms with Gasteiger partial charge < -0.3 is 0 Å². The Morgan fingerprint density at radius 2 is 2.15 bits per heavy atom. The van der Waals surface area contributed by atoms with E-state index in [0.717, 1.165) is 20.5 Å². The van der Waals surface area contributed by atoms with Gasteiger partial charge in [-0.2, -0.15) is 0 Å². The molecule has 0 aliphatic rings. The fourth-order valence-corrected chi connectivity index (χ4v) is 2.65. The van der Waals surface area contributed by atoms with E-state index in [0.29, 0.717) is 5.88 Å². The van der Waals surface area contributed by atoms with Crippen LogP contribution in [0.3, 0.4) is 0 Å². The molecule has 0 nitrogen and oxygen atoms in total. The Balaban J connectivity index is 2.75. The SMILES string of the molecule is Cc1cc(F)cc2sc(CCl)cc12. The molecule has 0 unspecified atom stereocenters. The highest BCUT2D eigenvalue weighted by molar-refractivity contribution is 7.19. The Hall–Kier alpha value is -0.600. The van der Waals surface area contributed by atoms with E-state index in [-0.39, 0.29) is 5.82 Å². The van der Waals surface area contributed by atoms with Crippen LogP contribution in [-0.2, 0) is 5.88 Å². The van der Waals surface area contributed by atoms with Gasteiger partial charge in [-0.05, 0) is 36.1 Å². The molecule has 0 saturated carbocycles. The van der Waals surface area contributed by atoms with Gasteiger partial charge in [-0.1, -0.05) is 0 Å². The summed E-state index contributed by atoms with van der Waals surface area (Å²) in [5.74, 6) is 0.327. The molecule has 0 aliphatic carbocycles. The summed E-state index contributed by atoms with van der Waals surface area (Å²) in [5, 5.41) is 1.11. The fourth-order valence-electron chi connectivity index (χ4n) is 1.39. The molecule has 3 heteroatoms. The number of hydrogen-bond acceptors (Lipinski definition) is 1. The Kier molecular flexibility index (Phi) is 2.26. The van der Waals surface area contributed by atoms with Crippen LogP contribution in [0.15, 0.2) is 18.2 Å². The minimum absolute atomic E-state index is 0.173. The largest absolute Gasteiger partial charge is 0.207 e. The number of thiophene rings is 1. The lowest BCUT2D eigenvalue weighted by Crippen LogP contribution is -1.76. The van der Waals surface area contributed by atoms with Crippen LogP contribution in [0, 0.1) is 12.7 Å². The van der Waals surface area contributed by atoms with E-state index in [1.807, 2.05) is 13.0 Å². The van der Waals surface area contributed by atoms with Crippen molar-refractivity contribution in [1.82, 2.24) is 0 Å². The van der Waals surface area contributed by atoms with Crippen molar-refractivity contribution in [1.29, 1.82) is 0 Å². The summed E-state index contributed by atoms with van der Waals surface area (Å²) in [6.45, 7) is 1.91. The van der Waals surface area contributed by atoms with E-state index in [1.54, 1.807) is 23.5 Å². The highest BCUT2D eigenvalue weighted by atomic mass is 35.5. The molecule has 2 aromatic rings. The van der Waals surface area contributed by atoms with E-state index in [1.165, 1.54) is 0 Å². The summed E-state index contributed by atoms with van der Waals surface area (Å²) in [6, 6.07) is 5.14. The predicted octanol–water partition coefficient (Wildman–Crippen LogP) is 4.09. The monoisotopic (exact) mass is 214 g/mol. The molecule has 0 amide bonds. The molecule has 0 aliphatic heterocycles. The normalized spacial score (nSPS) is 11.0. The number of fused-ring (bicyclic) bond motifs is 1. The topological polar surface area (TPSA) is 0 Å². The predicted molar refractivity (Wildman–Crippen MR) is 56.1 cm³/mol. The van der Waals surface area contributed by atoms with Gasteiger partial charge in [0.2, 0.25) is 0 Å². The Morgan fingerprint density at radius 3 is 2.85 bits per heavy atom. The van der Waals surface area contributed by atoms with Crippen LogP contribution in [0.2, 0.25) is 0 Å². The molecule has 1 aromatic heterocycles. The molecule has 2 rings (SSSR count). The van der Waals surface area contributed by atoms with Crippen LogP contribution in [0.1, 0.15) is 10.4 Å². The molecule has 13 heavy (non-hydrogen) atoms. The van der Waals surface area contributed by atoms with E-state index in [4.69, 9.17) is 11.6 Å². The molecular formula is C10H8ClFS. The van der Waals surface area contributed by atoms with E-state index in [2.05, 4.69) is 0 Å². The third-order valence-electron chi connectivity index (χ3n) is 1.99.